The maximum Gasteiger partial charge on any atom is 0.418 e. The number of anilines is 1. The van der Waals surface area contributed by atoms with Gasteiger partial charge in [0.15, 0.2) is 5.84 Å². The number of carbonyl (C=O) groups excluding carboxylic acids is 1. The minimum Gasteiger partial charge on any atom is -0.381 e. The van der Waals surface area contributed by atoms with Crippen molar-refractivity contribution in [3.63, 3.8) is 0 Å². The summed E-state index contributed by atoms with van der Waals surface area (Å²) in [5, 5.41) is 6.05. The fourth-order valence-corrected chi connectivity index (χ4v) is 3.51. The molecule has 172 valence electrons. The summed E-state index contributed by atoms with van der Waals surface area (Å²) in [5.74, 6) is -0.682. The standard InChI is InChI=1S/C23H27F3N4O2/c1-16(22(31)28-20-11-4-3-10-19(20)23(24,25)26)32-29-21(27)18-9-7-8-17(14-18)15-30-12-5-2-6-13-30/h3-4,7-11,14,16H,2,5-6,12-13,15H2,1H3,(H2,27,29)(H,28,31). The van der Waals surface area contributed by atoms with Crippen molar-refractivity contribution >= 4 is 17.4 Å². The van der Waals surface area contributed by atoms with E-state index in [1.807, 2.05) is 18.2 Å². The van der Waals surface area contributed by atoms with E-state index in [0.717, 1.165) is 31.3 Å². The molecule has 1 amide bonds. The lowest BCUT2D eigenvalue weighted by molar-refractivity contribution is -0.137. The van der Waals surface area contributed by atoms with Gasteiger partial charge in [-0.3, -0.25) is 9.69 Å². The SMILES string of the molecule is CC(ON=C(N)c1cccc(CN2CCCCC2)c1)C(=O)Nc1ccccc1C(F)(F)F. The lowest BCUT2D eigenvalue weighted by atomic mass is 10.1. The number of amides is 1. The van der Waals surface area contributed by atoms with Crippen molar-refractivity contribution in [1.29, 1.82) is 0 Å². The minimum absolute atomic E-state index is 0.0841. The molecule has 1 aliphatic rings. The Bertz CT molecular complexity index is 956. The normalized spacial score (nSPS) is 16.4. The zero-order valence-electron chi connectivity index (χ0n) is 17.9. The number of para-hydroxylation sites is 1. The van der Waals surface area contributed by atoms with Crippen molar-refractivity contribution in [3.05, 3.63) is 65.2 Å². The van der Waals surface area contributed by atoms with Gasteiger partial charge in [-0.25, -0.2) is 0 Å². The number of hydrogen-bond acceptors (Lipinski definition) is 4. The maximum atomic E-state index is 13.1. The molecule has 0 aromatic heterocycles. The molecule has 1 heterocycles. The fourth-order valence-electron chi connectivity index (χ4n) is 3.51. The third-order valence-corrected chi connectivity index (χ3v) is 5.25. The van der Waals surface area contributed by atoms with Gasteiger partial charge in [-0.05, 0) is 56.6 Å². The van der Waals surface area contributed by atoms with Crippen molar-refractivity contribution in [2.24, 2.45) is 10.9 Å². The van der Waals surface area contributed by atoms with Crippen molar-refractivity contribution in [1.82, 2.24) is 4.90 Å². The molecule has 6 nitrogen and oxygen atoms in total. The van der Waals surface area contributed by atoms with E-state index in [9.17, 15) is 18.0 Å². The number of halogens is 3. The number of likely N-dealkylation sites (tertiary alicyclic amines) is 1. The number of alkyl halides is 3. The number of hydrogen-bond donors (Lipinski definition) is 2. The van der Waals surface area contributed by atoms with Gasteiger partial charge >= 0.3 is 6.18 Å². The largest absolute Gasteiger partial charge is 0.418 e. The van der Waals surface area contributed by atoms with Crippen LogP contribution >= 0.6 is 0 Å². The predicted molar refractivity (Wildman–Crippen MR) is 117 cm³/mol. The molecule has 0 bridgehead atoms. The zero-order valence-corrected chi connectivity index (χ0v) is 17.9. The summed E-state index contributed by atoms with van der Waals surface area (Å²) in [4.78, 5) is 19.9. The molecule has 0 radical (unpaired) electrons. The molecule has 1 atom stereocenters. The number of nitrogens with two attached hydrogens (primary N) is 1. The quantitative estimate of drug-likeness (QED) is 0.375. The highest BCUT2D eigenvalue weighted by atomic mass is 19.4. The second kappa shape index (κ2) is 10.5. The highest BCUT2D eigenvalue weighted by Crippen LogP contribution is 2.34. The Kier molecular flexibility index (Phi) is 7.74. The Morgan fingerprint density at radius 3 is 2.59 bits per heavy atom. The Labute approximate surface area is 185 Å². The van der Waals surface area contributed by atoms with E-state index in [0.29, 0.717) is 5.56 Å². The van der Waals surface area contributed by atoms with E-state index in [1.54, 1.807) is 6.07 Å². The molecule has 1 fully saturated rings. The van der Waals surface area contributed by atoms with Crippen molar-refractivity contribution in [2.75, 3.05) is 18.4 Å². The van der Waals surface area contributed by atoms with Gasteiger partial charge in [0.2, 0.25) is 6.10 Å². The van der Waals surface area contributed by atoms with E-state index >= 15 is 0 Å². The van der Waals surface area contributed by atoms with E-state index in [1.165, 1.54) is 44.4 Å². The summed E-state index contributed by atoms with van der Waals surface area (Å²) in [7, 11) is 0. The van der Waals surface area contributed by atoms with E-state index in [4.69, 9.17) is 10.6 Å². The van der Waals surface area contributed by atoms with Crippen LogP contribution in [-0.2, 0) is 22.4 Å². The Morgan fingerprint density at radius 2 is 1.88 bits per heavy atom. The van der Waals surface area contributed by atoms with E-state index in [-0.39, 0.29) is 11.5 Å². The van der Waals surface area contributed by atoms with Crippen LogP contribution < -0.4 is 11.1 Å². The van der Waals surface area contributed by atoms with Crippen LogP contribution in [-0.4, -0.2) is 35.8 Å². The first kappa shape index (κ1) is 23.6. The van der Waals surface area contributed by atoms with Crippen molar-refractivity contribution < 1.29 is 22.8 Å². The van der Waals surface area contributed by atoms with Gasteiger partial charge in [0, 0.05) is 12.1 Å². The number of carbonyl (C=O) groups is 1. The molecule has 0 spiro atoms. The molecule has 3 rings (SSSR count). The van der Waals surface area contributed by atoms with Gasteiger partial charge < -0.3 is 15.9 Å². The smallest absolute Gasteiger partial charge is 0.381 e. The van der Waals surface area contributed by atoms with Crippen LogP contribution in [0.1, 0.15) is 42.9 Å². The minimum atomic E-state index is -4.59. The number of benzene rings is 2. The number of rotatable bonds is 7. The van der Waals surface area contributed by atoms with Gasteiger partial charge in [-0.1, -0.05) is 41.9 Å². The summed E-state index contributed by atoms with van der Waals surface area (Å²) in [6, 6.07) is 12.3. The lowest BCUT2D eigenvalue weighted by Gasteiger charge is -2.26. The van der Waals surface area contributed by atoms with E-state index < -0.39 is 23.8 Å². The number of piperidine rings is 1. The van der Waals surface area contributed by atoms with Crippen molar-refractivity contribution in [3.8, 4) is 0 Å². The molecule has 2 aromatic rings. The van der Waals surface area contributed by atoms with Crippen LogP contribution in [0.3, 0.4) is 0 Å². The lowest BCUT2D eigenvalue weighted by Crippen LogP contribution is -2.29. The molecule has 1 aliphatic heterocycles. The average Bonchev–Trinajstić information content (AvgIpc) is 2.77. The molecule has 0 saturated carbocycles. The van der Waals surface area contributed by atoms with Crippen LogP contribution in [0, 0.1) is 0 Å². The first-order valence-corrected chi connectivity index (χ1v) is 10.5. The Morgan fingerprint density at radius 1 is 1.16 bits per heavy atom. The molecular formula is C23H27F3N4O2. The van der Waals surface area contributed by atoms with Gasteiger partial charge in [-0.2, -0.15) is 13.2 Å². The van der Waals surface area contributed by atoms with Crippen molar-refractivity contribution in [2.45, 2.75) is 45.0 Å². The van der Waals surface area contributed by atoms with Crippen LogP contribution in [0.5, 0.6) is 0 Å². The number of oxime groups is 1. The highest BCUT2D eigenvalue weighted by molar-refractivity contribution is 5.97. The summed E-state index contributed by atoms with van der Waals surface area (Å²) >= 11 is 0. The molecule has 1 saturated heterocycles. The number of nitrogens with one attached hydrogen (secondary N) is 1. The van der Waals surface area contributed by atoms with Gasteiger partial charge in [0.1, 0.15) is 0 Å². The second-order valence-corrected chi connectivity index (χ2v) is 7.79. The third kappa shape index (κ3) is 6.46. The zero-order chi connectivity index (χ0) is 23.1. The maximum absolute atomic E-state index is 13.1. The molecule has 0 aliphatic carbocycles. The topological polar surface area (TPSA) is 80.0 Å². The van der Waals surface area contributed by atoms with Gasteiger partial charge in [0.05, 0.1) is 11.3 Å². The molecule has 9 heteroatoms. The number of amidine groups is 1. The average molecular weight is 448 g/mol. The van der Waals surface area contributed by atoms with Crippen LogP contribution in [0.15, 0.2) is 53.7 Å². The van der Waals surface area contributed by atoms with Gasteiger partial charge in [0.25, 0.3) is 5.91 Å². The predicted octanol–water partition coefficient (Wildman–Crippen LogP) is 4.36. The third-order valence-electron chi connectivity index (χ3n) is 5.25. The van der Waals surface area contributed by atoms with Crippen LogP contribution in [0.25, 0.3) is 0 Å². The summed E-state index contributed by atoms with van der Waals surface area (Å²) in [5.41, 5.74) is 6.47. The molecule has 2 aromatic carbocycles. The summed E-state index contributed by atoms with van der Waals surface area (Å²) < 4.78 is 39.3. The van der Waals surface area contributed by atoms with Gasteiger partial charge in [-0.15, -0.1) is 0 Å². The first-order valence-electron chi connectivity index (χ1n) is 10.5. The molecular weight excluding hydrogens is 421 g/mol. The molecule has 3 N–H and O–H groups in total. The monoisotopic (exact) mass is 448 g/mol. The fraction of sp³-hybridized carbons (Fsp3) is 0.391. The number of nitrogens with zero attached hydrogens (tertiary/aromatic N) is 2. The summed E-state index contributed by atoms with van der Waals surface area (Å²) in [6.07, 6.45) is -2.07. The van der Waals surface area contributed by atoms with E-state index in [2.05, 4.69) is 15.4 Å². The summed E-state index contributed by atoms with van der Waals surface area (Å²) in [6.45, 7) is 4.34. The molecule has 1 unspecified atom stereocenters. The molecule has 32 heavy (non-hydrogen) atoms. The Hall–Kier alpha value is -3.07. The highest BCUT2D eigenvalue weighted by Gasteiger charge is 2.34. The Balaban J connectivity index is 1.61. The van der Waals surface area contributed by atoms with Crippen LogP contribution in [0.4, 0.5) is 18.9 Å². The first-order chi connectivity index (χ1) is 15.2. The second-order valence-electron chi connectivity index (χ2n) is 7.79. The van der Waals surface area contributed by atoms with Crippen LogP contribution in [0.2, 0.25) is 0 Å².